The first-order valence-corrected chi connectivity index (χ1v) is 10.2. The molecule has 29 heavy (non-hydrogen) atoms. The molecule has 2 aliphatic rings. The molecule has 4 heterocycles. The predicted molar refractivity (Wildman–Crippen MR) is 108 cm³/mol. The molecule has 8 nitrogen and oxygen atoms in total. The van der Waals surface area contributed by atoms with E-state index in [0.717, 1.165) is 37.3 Å². The number of likely N-dealkylation sites (tertiary alicyclic amines) is 1. The molecule has 2 aliphatic heterocycles. The number of hydrogen-bond acceptors (Lipinski definition) is 5. The van der Waals surface area contributed by atoms with Gasteiger partial charge in [0.25, 0.3) is 5.89 Å². The van der Waals surface area contributed by atoms with Crippen molar-refractivity contribution in [1.29, 1.82) is 0 Å². The Balaban J connectivity index is 1.62. The lowest BCUT2D eigenvalue weighted by Gasteiger charge is -2.34. The number of para-hydroxylation sites is 1. The van der Waals surface area contributed by atoms with Crippen LogP contribution in [0.15, 0.2) is 29.0 Å². The van der Waals surface area contributed by atoms with Gasteiger partial charge < -0.3 is 9.42 Å². The van der Waals surface area contributed by atoms with Crippen LogP contribution < -0.4 is 4.90 Å². The zero-order valence-corrected chi connectivity index (χ0v) is 17.1. The third kappa shape index (κ3) is 2.90. The summed E-state index contributed by atoms with van der Waals surface area (Å²) in [6.45, 7) is 5.88. The maximum absolute atomic E-state index is 13.3. The fourth-order valence-corrected chi connectivity index (χ4v) is 4.18. The molecular formula is C20H21ClN6O2. The number of halogens is 1. The van der Waals surface area contributed by atoms with Gasteiger partial charge in [-0.05, 0) is 25.0 Å². The Morgan fingerprint density at radius 3 is 2.76 bits per heavy atom. The summed E-state index contributed by atoms with van der Waals surface area (Å²) in [5.41, 5.74) is 2.94. The minimum Gasteiger partial charge on any atom is -0.332 e. The van der Waals surface area contributed by atoms with Gasteiger partial charge in [-0.1, -0.05) is 36.7 Å². The van der Waals surface area contributed by atoms with Gasteiger partial charge in [0.05, 0.1) is 28.6 Å². The molecule has 0 atom stereocenters. The third-order valence-corrected chi connectivity index (χ3v) is 5.74. The van der Waals surface area contributed by atoms with E-state index in [1.807, 2.05) is 35.4 Å². The maximum Gasteiger partial charge on any atom is 0.324 e. The van der Waals surface area contributed by atoms with Gasteiger partial charge >= 0.3 is 6.03 Å². The molecule has 0 spiro atoms. The molecule has 9 heteroatoms. The molecule has 2 amide bonds. The highest BCUT2D eigenvalue weighted by Gasteiger charge is 2.35. The van der Waals surface area contributed by atoms with Gasteiger partial charge in [-0.25, -0.2) is 9.78 Å². The van der Waals surface area contributed by atoms with Crippen molar-refractivity contribution in [2.45, 2.75) is 39.2 Å². The van der Waals surface area contributed by atoms with Crippen LogP contribution in [-0.4, -0.2) is 43.7 Å². The predicted octanol–water partition coefficient (Wildman–Crippen LogP) is 4.23. The molecule has 0 bridgehead atoms. The Bertz CT molecular complexity index is 1080. The summed E-state index contributed by atoms with van der Waals surface area (Å²) in [4.78, 5) is 25.9. The van der Waals surface area contributed by atoms with Crippen LogP contribution in [0.2, 0.25) is 5.02 Å². The molecule has 0 radical (unpaired) electrons. The van der Waals surface area contributed by atoms with Crippen LogP contribution in [0, 0.1) is 0 Å². The molecule has 2 aromatic heterocycles. The van der Waals surface area contributed by atoms with E-state index in [1.54, 1.807) is 17.3 Å². The van der Waals surface area contributed by atoms with E-state index in [2.05, 4.69) is 15.1 Å². The van der Waals surface area contributed by atoms with Gasteiger partial charge in [0.1, 0.15) is 6.33 Å². The Kier molecular flexibility index (Phi) is 4.31. The van der Waals surface area contributed by atoms with Crippen LogP contribution in [0.3, 0.4) is 0 Å². The van der Waals surface area contributed by atoms with Gasteiger partial charge in [0.2, 0.25) is 0 Å². The summed E-state index contributed by atoms with van der Waals surface area (Å²) in [6, 6.07) is 5.58. The fourth-order valence-electron chi connectivity index (χ4n) is 3.91. The van der Waals surface area contributed by atoms with Crippen LogP contribution in [0.5, 0.6) is 0 Å². The number of carbonyl (C=O) groups is 1. The van der Waals surface area contributed by atoms with E-state index in [9.17, 15) is 4.79 Å². The number of anilines is 1. The largest absolute Gasteiger partial charge is 0.332 e. The molecular weight excluding hydrogens is 392 g/mol. The fraction of sp³-hybridized carbons (Fsp3) is 0.400. The van der Waals surface area contributed by atoms with Crippen molar-refractivity contribution >= 4 is 23.3 Å². The van der Waals surface area contributed by atoms with E-state index in [4.69, 9.17) is 16.1 Å². The summed E-state index contributed by atoms with van der Waals surface area (Å²) in [6.07, 6.45) is 3.77. The standard InChI is InChI=1S/C20H21ClN6O2/c1-12(2)18-23-19(29-24-18)16-15-10-26(20(28)25-8-3-4-9-25)17-13(21)6-5-7-14(17)27(15)11-22-16/h5-7,11-12H,3-4,8-10H2,1-2H3. The van der Waals surface area contributed by atoms with Crippen molar-refractivity contribution in [2.75, 3.05) is 18.0 Å². The van der Waals surface area contributed by atoms with Gasteiger partial charge in [0.15, 0.2) is 11.5 Å². The number of aromatic nitrogens is 4. The van der Waals surface area contributed by atoms with Gasteiger partial charge in [-0.2, -0.15) is 4.98 Å². The van der Waals surface area contributed by atoms with Crippen LogP contribution in [-0.2, 0) is 6.54 Å². The molecule has 1 saturated heterocycles. The number of nitrogens with zero attached hydrogens (tertiary/aromatic N) is 6. The van der Waals surface area contributed by atoms with Gasteiger partial charge in [-0.3, -0.25) is 9.47 Å². The quantitative estimate of drug-likeness (QED) is 0.629. The summed E-state index contributed by atoms with van der Waals surface area (Å²) < 4.78 is 7.41. The number of fused-ring (bicyclic) bond motifs is 3. The average molecular weight is 413 g/mol. The molecule has 1 aromatic carbocycles. The van der Waals surface area contributed by atoms with Gasteiger partial charge in [-0.15, -0.1) is 0 Å². The minimum absolute atomic E-state index is 0.0383. The minimum atomic E-state index is -0.0383. The van der Waals surface area contributed by atoms with Crippen LogP contribution in [0.25, 0.3) is 17.3 Å². The lowest BCUT2D eigenvalue weighted by atomic mass is 10.1. The van der Waals surface area contributed by atoms with Crippen molar-refractivity contribution in [2.24, 2.45) is 0 Å². The molecule has 3 aromatic rings. The highest BCUT2D eigenvalue weighted by atomic mass is 35.5. The van der Waals surface area contributed by atoms with E-state index >= 15 is 0 Å². The number of rotatable bonds is 2. The monoisotopic (exact) mass is 412 g/mol. The molecule has 0 saturated carbocycles. The first kappa shape index (κ1) is 18.2. The molecule has 0 aliphatic carbocycles. The van der Waals surface area contributed by atoms with Crippen LogP contribution in [0.4, 0.5) is 10.5 Å². The number of carbonyl (C=O) groups excluding carboxylic acids is 1. The molecule has 0 unspecified atom stereocenters. The summed E-state index contributed by atoms with van der Waals surface area (Å²) >= 11 is 6.53. The number of hydrogen-bond donors (Lipinski definition) is 0. The van der Waals surface area contributed by atoms with E-state index < -0.39 is 0 Å². The highest BCUT2D eigenvalue weighted by molar-refractivity contribution is 6.34. The molecule has 5 rings (SSSR count). The summed E-state index contributed by atoms with van der Waals surface area (Å²) in [5, 5.41) is 4.59. The van der Waals surface area contributed by atoms with E-state index in [0.29, 0.717) is 34.7 Å². The zero-order valence-electron chi connectivity index (χ0n) is 16.3. The normalized spacial score (nSPS) is 15.7. The third-order valence-electron chi connectivity index (χ3n) is 5.44. The first-order valence-electron chi connectivity index (χ1n) is 9.80. The van der Waals surface area contributed by atoms with Gasteiger partial charge in [0, 0.05) is 19.0 Å². The summed E-state index contributed by atoms with van der Waals surface area (Å²) in [7, 11) is 0. The second-order valence-corrected chi connectivity index (χ2v) is 8.10. The number of benzene rings is 1. The number of amides is 2. The average Bonchev–Trinajstić information content (AvgIpc) is 3.46. The van der Waals surface area contributed by atoms with Crippen LogP contribution in [0.1, 0.15) is 44.1 Å². The van der Waals surface area contributed by atoms with Crippen molar-refractivity contribution < 1.29 is 9.32 Å². The van der Waals surface area contributed by atoms with Crippen molar-refractivity contribution in [3.63, 3.8) is 0 Å². The Hall–Kier alpha value is -2.87. The van der Waals surface area contributed by atoms with Crippen molar-refractivity contribution in [3.05, 3.63) is 41.1 Å². The molecule has 1 fully saturated rings. The molecule has 150 valence electrons. The Labute approximate surface area is 173 Å². The van der Waals surface area contributed by atoms with Crippen molar-refractivity contribution in [3.8, 4) is 17.3 Å². The highest BCUT2D eigenvalue weighted by Crippen LogP contribution is 2.40. The van der Waals surface area contributed by atoms with Crippen LogP contribution >= 0.6 is 11.6 Å². The Morgan fingerprint density at radius 2 is 2.03 bits per heavy atom. The number of urea groups is 1. The lowest BCUT2D eigenvalue weighted by Crippen LogP contribution is -2.44. The number of imidazole rings is 1. The topological polar surface area (TPSA) is 80.3 Å². The Morgan fingerprint density at radius 1 is 1.24 bits per heavy atom. The second kappa shape index (κ2) is 6.88. The lowest BCUT2D eigenvalue weighted by molar-refractivity contribution is 0.214. The van der Waals surface area contributed by atoms with E-state index in [-0.39, 0.29) is 11.9 Å². The first-order chi connectivity index (χ1) is 14.0. The summed E-state index contributed by atoms with van der Waals surface area (Å²) in [5.74, 6) is 1.14. The second-order valence-electron chi connectivity index (χ2n) is 7.69. The van der Waals surface area contributed by atoms with E-state index in [1.165, 1.54) is 0 Å². The zero-order chi connectivity index (χ0) is 20.1. The molecule has 0 N–H and O–H groups in total. The SMILES string of the molecule is CC(C)c1noc(-c2ncn3c2CN(C(=O)N2CCCC2)c2c(Cl)cccc2-3)n1. The van der Waals surface area contributed by atoms with Crippen molar-refractivity contribution in [1.82, 2.24) is 24.6 Å². The smallest absolute Gasteiger partial charge is 0.324 e. The maximum atomic E-state index is 13.3.